The van der Waals surface area contributed by atoms with Gasteiger partial charge in [0, 0.05) is 32.8 Å². The Hall–Kier alpha value is -6.90. The Balaban J connectivity index is 1.02. The number of aromatic nitrogens is 1. The topological polar surface area (TPSA) is 18.1 Å². The largest absolute Gasteiger partial charge is 0.455 e. The molecule has 9 aromatic carbocycles. The number of benzene rings is 9. The molecule has 0 N–H and O–H groups in total. The highest BCUT2D eigenvalue weighted by molar-refractivity contribution is 6.13. The summed E-state index contributed by atoms with van der Waals surface area (Å²) >= 11 is 0. The molecule has 2 aromatic heterocycles. The van der Waals surface area contributed by atoms with Gasteiger partial charge in [-0.2, -0.15) is 0 Å². The van der Waals surface area contributed by atoms with Gasteiger partial charge in [-0.1, -0.05) is 146 Å². The summed E-state index contributed by atoms with van der Waals surface area (Å²) in [6.45, 7) is 0. The molecule has 2 heterocycles. The predicted octanol–water partition coefficient (Wildman–Crippen LogP) is 13.9. The maximum Gasteiger partial charge on any atom is 0.143 e. The number of hydrogen-bond acceptors (Lipinski definition) is 1. The van der Waals surface area contributed by atoms with Crippen LogP contribution in [0.2, 0.25) is 0 Å². The second kappa shape index (κ2) is 11.8. The Kier molecular flexibility index (Phi) is 6.65. The lowest BCUT2D eigenvalue weighted by atomic mass is 9.91. The maximum absolute atomic E-state index is 6.37. The molecule has 0 saturated heterocycles. The third kappa shape index (κ3) is 4.80. The number of nitrogens with zero attached hydrogens (tertiary/aromatic N) is 1. The lowest BCUT2D eigenvalue weighted by molar-refractivity contribution is 0.670. The third-order valence-electron chi connectivity index (χ3n) is 11.0. The van der Waals surface area contributed by atoms with Crippen molar-refractivity contribution in [2.24, 2.45) is 0 Å². The van der Waals surface area contributed by atoms with Crippen molar-refractivity contribution in [2.75, 3.05) is 0 Å². The van der Waals surface area contributed by atoms with E-state index in [9.17, 15) is 0 Å². The zero-order chi connectivity index (χ0) is 34.9. The van der Waals surface area contributed by atoms with Crippen molar-refractivity contribution in [3.05, 3.63) is 199 Å². The molecular formula is C51H33NO. The molecule has 248 valence electrons. The molecule has 0 aliphatic rings. The van der Waals surface area contributed by atoms with Crippen LogP contribution >= 0.6 is 0 Å². The van der Waals surface area contributed by atoms with Crippen molar-refractivity contribution in [3.8, 4) is 27.9 Å². The summed E-state index contributed by atoms with van der Waals surface area (Å²) in [5, 5.41) is 9.97. The molecule has 0 atom stereocenters. The summed E-state index contributed by atoms with van der Waals surface area (Å²) in [5.41, 5.74) is 12.7. The lowest BCUT2D eigenvalue weighted by Gasteiger charge is -2.13. The van der Waals surface area contributed by atoms with Crippen LogP contribution in [0.3, 0.4) is 0 Å². The fourth-order valence-electron chi connectivity index (χ4n) is 8.52. The highest BCUT2D eigenvalue weighted by Gasteiger charge is 2.16. The Morgan fingerprint density at radius 2 is 1.06 bits per heavy atom. The Morgan fingerprint density at radius 1 is 0.396 bits per heavy atom. The summed E-state index contributed by atoms with van der Waals surface area (Å²) in [5.74, 6) is 0. The first-order chi connectivity index (χ1) is 26.3. The third-order valence-corrected chi connectivity index (χ3v) is 11.0. The van der Waals surface area contributed by atoms with Crippen LogP contribution in [0.25, 0.3) is 93.2 Å². The molecule has 2 heteroatoms. The predicted molar refractivity (Wildman–Crippen MR) is 223 cm³/mol. The number of fused-ring (bicyclic) bond motifs is 9. The molecule has 0 aliphatic carbocycles. The van der Waals surface area contributed by atoms with Gasteiger partial charge >= 0.3 is 0 Å². The maximum atomic E-state index is 6.37. The number of para-hydroxylation sites is 3. The molecule has 11 rings (SSSR count). The molecule has 0 radical (unpaired) electrons. The van der Waals surface area contributed by atoms with E-state index in [1.165, 1.54) is 65.6 Å². The second-order valence-corrected chi connectivity index (χ2v) is 14.1. The molecule has 0 saturated carbocycles. The van der Waals surface area contributed by atoms with E-state index in [1.807, 2.05) is 12.1 Å². The first kappa shape index (κ1) is 29.8. The standard InChI is InChI=1S/C51H33NO/c1-2-11-33(12-3-1)29-38-30-37-13-4-5-14-40(37)46-31-35(23-27-41(38)46)36-24-28-49-47(32-36)43-15-6-8-19-48(43)52(49)39-25-21-34(22-26-39)42-17-10-18-45-44-16-7-9-20-50(44)53-51(42)45/h1-28,30-32H,29H2. The molecule has 0 unspecified atom stereocenters. The first-order valence-electron chi connectivity index (χ1n) is 18.3. The Morgan fingerprint density at radius 3 is 1.92 bits per heavy atom. The van der Waals surface area contributed by atoms with Crippen molar-refractivity contribution >= 4 is 65.3 Å². The summed E-state index contributed by atoms with van der Waals surface area (Å²) in [4.78, 5) is 0. The van der Waals surface area contributed by atoms with Crippen LogP contribution in [0.15, 0.2) is 192 Å². The van der Waals surface area contributed by atoms with Gasteiger partial charge in [0.25, 0.3) is 0 Å². The van der Waals surface area contributed by atoms with E-state index in [2.05, 4.69) is 180 Å². The molecule has 53 heavy (non-hydrogen) atoms. The van der Waals surface area contributed by atoms with Gasteiger partial charge in [-0.15, -0.1) is 0 Å². The number of hydrogen-bond donors (Lipinski definition) is 0. The highest BCUT2D eigenvalue weighted by atomic mass is 16.3. The van der Waals surface area contributed by atoms with Gasteiger partial charge in [-0.25, -0.2) is 0 Å². The minimum atomic E-state index is 0.906. The van der Waals surface area contributed by atoms with Crippen molar-refractivity contribution in [1.29, 1.82) is 0 Å². The Labute approximate surface area is 306 Å². The minimum absolute atomic E-state index is 0.906. The zero-order valence-electron chi connectivity index (χ0n) is 29.0. The average molecular weight is 676 g/mol. The van der Waals surface area contributed by atoms with Gasteiger partial charge in [-0.3, -0.25) is 0 Å². The van der Waals surface area contributed by atoms with E-state index in [4.69, 9.17) is 4.42 Å². The fraction of sp³-hybridized carbons (Fsp3) is 0.0196. The van der Waals surface area contributed by atoms with E-state index in [0.29, 0.717) is 0 Å². The summed E-state index contributed by atoms with van der Waals surface area (Å²) in [6.07, 6.45) is 0.906. The summed E-state index contributed by atoms with van der Waals surface area (Å²) in [6, 6.07) is 68.3. The molecule has 11 aromatic rings. The van der Waals surface area contributed by atoms with Gasteiger partial charge in [-0.05, 0) is 98.2 Å². The number of rotatable bonds is 5. The highest BCUT2D eigenvalue weighted by Crippen LogP contribution is 2.39. The molecule has 0 fully saturated rings. The van der Waals surface area contributed by atoms with Gasteiger partial charge < -0.3 is 8.98 Å². The van der Waals surface area contributed by atoms with E-state index >= 15 is 0 Å². The lowest BCUT2D eigenvalue weighted by Crippen LogP contribution is -1.94. The van der Waals surface area contributed by atoms with Crippen LogP contribution < -0.4 is 0 Å². The van der Waals surface area contributed by atoms with Gasteiger partial charge in [0.05, 0.1) is 11.0 Å². The van der Waals surface area contributed by atoms with Crippen molar-refractivity contribution < 1.29 is 4.42 Å². The monoisotopic (exact) mass is 675 g/mol. The van der Waals surface area contributed by atoms with E-state index < -0.39 is 0 Å². The van der Waals surface area contributed by atoms with Crippen molar-refractivity contribution in [3.63, 3.8) is 0 Å². The van der Waals surface area contributed by atoms with Gasteiger partial charge in [0.15, 0.2) is 0 Å². The average Bonchev–Trinajstić information content (AvgIpc) is 3.77. The van der Waals surface area contributed by atoms with Gasteiger partial charge in [0.1, 0.15) is 11.2 Å². The quantitative estimate of drug-likeness (QED) is 0.166. The van der Waals surface area contributed by atoms with Crippen LogP contribution in [-0.2, 0) is 6.42 Å². The second-order valence-electron chi connectivity index (χ2n) is 14.1. The fourth-order valence-corrected chi connectivity index (χ4v) is 8.52. The molecular weight excluding hydrogens is 643 g/mol. The van der Waals surface area contributed by atoms with Crippen molar-refractivity contribution in [1.82, 2.24) is 4.57 Å². The molecule has 0 bridgehead atoms. The van der Waals surface area contributed by atoms with Crippen LogP contribution in [0.1, 0.15) is 11.1 Å². The minimum Gasteiger partial charge on any atom is -0.455 e. The van der Waals surface area contributed by atoms with Crippen LogP contribution in [-0.4, -0.2) is 4.57 Å². The first-order valence-corrected chi connectivity index (χ1v) is 18.3. The van der Waals surface area contributed by atoms with E-state index in [1.54, 1.807) is 0 Å². The van der Waals surface area contributed by atoms with Gasteiger partial charge in [0.2, 0.25) is 0 Å². The normalized spacial score (nSPS) is 11.8. The molecule has 0 spiro atoms. The van der Waals surface area contributed by atoms with Crippen molar-refractivity contribution in [2.45, 2.75) is 6.42 Å². The number of furan rings is 1. The van der Waals surface area contributed by atoms with E-state index in [0.717, 1.165) is 45.2 Å². The summed E-state index contributed by atoms with van der Waals surface area (Å²) in [7, 11) is 0. The Bertz CT molecular complexity index is 3180. The molecule has 0 amide bonds. The molecule has 2 nitrogen and oxygen atoms in total. The van der Waals surface area contributed by atoms with Crippen LogP contribution in [0.5, 0.6) is 0 Å². The smallest absolute Gasteiger partial charge is 0.143 e. The zero-order valence-corrected chi connectivity index (χ0v) is 29.0. The van der Waals surface area contributed by atoms with E-state index in [-0.39, 0.29) is 0 Å². The molecule has 0 aliphatic heterocycles. The van der Waals surface area contributed by atoms with Crippen LogP contribution in [0, 0.1) is 0 Å². The summed E-state index contributed by atoms with van der Waals surface area (Å²) < 4.78 is 8.77. The van der Waals surface area contributed by atoms with Crippen LogP contribution in [0.4, 0.5) is 0 Å². The SMILES string of the molecule is c1ccc(Cc2cc3ccccc3c3cc(-c4ccc5c(c4)c4ccccc4n5-c4ccc(-c5cccc6c5oc5ccccc56)cc4)ccc23)cc1.